The van der Waals surface area contributed by atoms with Gasteiger partial charge in [-0.2, -0.15) is 0 Å². The number of pyridine rings is 1. The maximum Gasteiger partial charge on any atom is 0.340 e. The van der Waals surface area contributed by atoms with E-state index in [0.717, 1.165) is 16.8 Å². The van der Waals surface area contributed by atoms with Gasteiger partial charge in [0.25, 0.3) is 11.8 Å². The molecule has 11 nitrogen and oxygen atoms in total. The third kappa shape index (κ3) is 4.27. The van der Waals surface area contributed by atoms with Crippen LogP contribution in [0.5, 0.6) is 5.75 Å². The van der Waals surface area contributed by atoms with Crippen molar-refractivity contribution in [1.82, 2.24) is 14.1 Å². The summed E-state index contributed by atoms with van der Waals surface area (Å²) in [4.78, 5) is 44.8. The number of hydrogen-bond donors (Lipinski definition) is 1. The fourth-order valence-corrected chi connectivity index (χ4v) is 3.35. The number of fused-ring (bicyclic) bond motifs is 1. The molecular weight excluding hydrogens is 438 g/mol. The van der Waals surface area contributed by atoms with E-state index in [1.165, 1.54) is 23.0 Å². The van der Waals surface area contributed by atoms with Crippen molar-refractivity contribution in [2.45, 2.75) is 0 Å². The highest BCUT2D eigenvalue weighted by atomic mass is 16.5. The lowest BCUT2D eigenvalue weighted by Crippen LogP contribution is -2.27. The largest absolute Gasteiger partial charge is 0.497 e. The molecule has 2 heterocycles. The predicted molar refractivity (Wildman–Crippen MR) is 125 cm³/mol. The number of amides is 1. The second-order valence-corrected chi connectivity index (χ2v) is 6.91. The summed E-state index contributed by atoms with van der Waals surface area (Å²) in [7, 11) is 1.55. The van der Waals surface area contributed by atoms with Crippen LogP contribution in [0.1, 0.15) is 15.2 Å². The molecule has 0 aliphatic rings. The SMILES string of the molecule is COc1ccc(C(=O)Nc2ccc(-n3c(=O)n(C(=O)C=CN=[N+]=[N-])c4ccncc43)cc2)cc1. The Morgan fingerprint density at radius 2 is 1.82 bits per heavy atom. The van der Waals surface area contributed by atoms with E-state index in [1.54, 1.807) is 55.6 Å². The molecule has 1 amide bonds. The van der Waals surface area contributed by atoms with E-state index >= 15 is 0 Å². The summed E-state index contributed by atoms with van der Waals surface area (Å²) >= 11 is 0. The molecule has 11 heteroatoms. The van der Waals surface area contributed by atoms with Crippen molar-refractivity contribution in [2.24, 2.45) is 5.11 Å². The highest BCUT2D eigenvalue weighted by molar-refractivity contribution is 6.04. The summed E-state index contributed by atoms with van der Waals surface area (Å²) in [5, 5.41) is 5.97. The first-order chi connectivity index (χ1) is 16.5. The van der Waals surface area contributed by atoms with Crippen LogP contribution in [0.4, 0.5) is 5.69 Å². The highest BCUT2D eigenvalue weighted by Crippen LogP contribution is 2.20. The molecule has 0 saturated heterocycles. The first-order valence-corrected chi connectivity index (χ1v) is 9.92. The molecule has 0 fully saturated rings. The van der Waals surface area contributed by atoms with Crippen LogP contribution in [0, 0.1) is 0 Å². The number of rotatable bonds is 6. The van der Waals surface area contributed by atoms with Gasteiger partial charge in [-0.15, -0.1) is 0 Å². The van der Waals surface area contributed by atoms with Crippen LogP contribution < -0.4 is 15.7 Å². The molecule has 0 radical (unpaired) electrons. The Morgan fingerprint density at radius 1 is 1.09 bits per heavy atom. The van der Waals surface area contributed by atoms with Gasteiger partial charge in [0.05, 0.1) is 30.0 Å². The highest BCUT2D eigenvalue weighted by Gasteiger charge is 2.18. The summed E-state index contributed by atoms with van der Waals surface area (Å²) < 4.78 is 7.38. The summed E-state index contributed by atoms with van der Waals surface area (Å²) in [6.07, 6.45) is 4.91. The minimum Gasteiger partial charge on any atom is -0.497 e. The Balaban J connectivity index is 1.65. The van der Waals surface area contributed by atoms with Crippen LogP contribution in [0.25, 0.3) is 27.2 Å². The first-order valence-electron chi connectivity index (χ1n) is 9.92. The quantitative estimate of drug-likeness (QED) is 0.203. The number of nitrogens with zero attached hydrogens (tertiary/aromatic N) is 6. The van der Waals surface area contributed by atoms with Crippen LogP contribution in [-0.4, -0.2) is 33.0 Å². The Hall–Kier alpha value is -5.15. The number of benzene rings is 2. The molecular formula is C23H17N7O4. The Labute approximate surface area is 192 Å². The average molecular weight is 455 g/mol. The molecule has 0 unspecified atom stereocenters. The maximum absolute atomic E-state index is 13.1. The molecule has 0 aliphatic heterocycles. The van der Waals surface area contributed by atoms with E-state index in [1.807, 2.05) is 0 Å². The lowest BCUT2D eigenvalue weighted by atomic mass is 10.2. The monoisotopic (exact) mass is 455 g/mol. The number of anilines is 1. The molecule has 2 aromatic heterocycles. The van der Waals surface area contributed by atoms with Gasteiger partial charge in [-0.05, 0) is 60.1 Å². The molecule has 168 valence electrons. The lowest BCUT2D eigenvalue weighted by molar-refractivity contribution is 0.0968. The fraction of sp³-hybridized carbons (Fsp3) is 0.0435. The molecule has 0 spiro atoms. The average Bonchev–Trinajstić information content (AvgIpc) is 3.16. The second-order valence-electron chi connectivity index (χ2n) is 6.91. The van der Waals surface area contributed by atoms with Gasteiger partial charge < -0.3 is 10.1 Å². The number of nitrogens with one attached hydrogen (secondary N) is 1. The number of allylic oxidation sites excluding steroid dienone is 1. The minimum atomic E-state index is -0.671. The molecule has 4 aromatic rings. The first kappa shape index (κ1) is 22.1. The van der Waals surface area contributed by atoms with Gasteiger partial charge in [-0.3, -0.25) is 19.1 Å². The zero-order valence-electron chi connectivity index (χ0n) is 17.8. The van der Waals surface area contributed by atoms with Crippen molar-refractivity contribution in [3.63, 3.8) is 0 Å². The van der Waals surface area contributed by atoms with Crippen molar-refractivity contribution >= 4 is 28.5 Å². The third-order valence-electron chi connectivity index (χ3n) is 4.93. The number of azide groups is 1. The summed E-state index contributed by atoms with van der Waals surface area (Å²) in [5.74, 6) is -0.326. The minimum absolute atomic E-state index is 0.300. The van der Waals surface area contributed by atoms with E-state index in [2.05, 4.69) is 20.3 Å². The van der Waals surface area contributed by atoms with E-state index in [9.17, 15) is 14.4 Å². The van der Waals surface area contributed by atoms with Gasteiger partial charge in [-0.25, -0.2) is 9.36 Å². The van der Waals surface area contributed by atoms with E-state index in [0.29, 0.717) is 33.7 Å². The number of hydrogen-bond acceptors (Lipinski definition) is 6. The van der Waals surface area contributed by atoms with Gasteiger partial charge in [0.2, 0.25) is 0 Å². The molecule has 0 saturated carbocycles. The third-order valence-corrected chi connectivity index (χ3v) is 4.93. The summed E-state index contributed by atoms with van der Waals surface area (Å²) in [6.45, 7) is 0. The maximum atomic E-state index is 13.1. The van der Waals surface area contributed by atoms with Crippen molar-refractivity contribution < 1.29 is 14.3 Å². The smallest absolute Gasteiger partial charge is 0.340 e. The molecule has 4 rings (SSSR count). The molecule has 0 bridgehead atoms. The van der Waals surface area contributed by atoms with Crippen LogP contribution in [0.3, 0.4) is 0 Å². The van der Waals surface area contributed by atoms with E-state index < -0.39 is 11.6 Å². The summed E-state index contributed by atoms with van der Waals surface area (Å²) in [5.41, 5.74) is 9.96. The van der Waals surface area contributed by atoms with Gasteiger partial charge in [0, 0.05) is 34.6 Å². The van der Waals surface area contributed by atoms with Gasteiger partial charge in [0.15, 0.2) is 0 Å². The van der Waals surface area contributed by atoms with Gasteiger partial charge in [-0.1, -0.05) is 5.11 Å². The van der Waals surface area contributed by atoms with E-state index in [-0.39, 0.29) is 5.91 Å². The zero-order valence-corrected chi connectivity index (χ0v) is 17.8. The summed E-state index contributed by atoms with van der Waals surface area (Å²) in [6, 6.07) is 14.8. The number of ether oxygens (including phenoxy) is 1. The van der Waals surface area contributed by atoms with Crippen LogP contribution in [0.2, 0.25) is 0 Å². The van der Waals surface area contributed by atoms with Crippen LogP contribution >= 0.6 is 0 Å². The van der Waals surface area contributed by atoms with Crippen molar-refractivity contribution in [2.75, 3.05) is 12.4 Å². The van der Waals surface area contributed by atoms with Crippen LogP contribution in [-0.2, 0) is 0 Å². The topological polar surface area (TPSA) is 144 Å². The number of aromatic nitrogens is 3. The number of carbonyl (C=O) groups is 2. The number of imidazole rings is 1. The molecule has 1 N–H and O–H groups in total. The normalized spacial score (nSPS) is 10.7. The van der Waals surface area contributed by atoms with Gasteiger partial charge in [0.1, 0.15) is 5.75 Å². The molecule has 0 atom stereocenters. The van der Waals surface area contributed by atoms with Gasteiger partial charge >= 0.3 is 5.69 Å². The lowest BCUT2D eigenvalue weighted by Gasteiger charge is -2.08. The fourth-order valence-electron chi connectivity index (χ4n) is 3.35. The van der Waals surface area contributed by atoms with Crippen molar-refractivity contribution in [3.05, 3.63) is 106 Å². The Kier molecular flexibility index (Phi) is 6.20. The predicted octanol–water partition coefficient (Wildman–Crippen LogP) is 3.91. The van der Waals surface area contributed by atoms with Crippen molar-refractivity contribution in [1.29, 1.82) is 0 Å². The number of methoxy groups -OCH3 is 1. The standard InChI is InChI=1S/C23H17N7O4/c1-34-18-8-2-15(3-9-18)22(32)27-16-4-6-17(7-5-16)29-20-14-25-12-10-19(20)30(23(29)33)21(31)11-13-26-28-24/h2-14H,1H3,(H,27,32). The van der Waals surface area contributed by atoms with Crippen molar-refractivity contribution in [3.8, 4) is 11.4 Å². The second kappa shape index (κ2) is 9.55. The van der Waals surface area contributed by atoms with Crippen LogP contribution in [0.15, 0.2) is 89.2 Å². The Morgan fingerprint density at radius 3 is 2.50 bits per heavy atom. The zero-order chi connectivity index (χ0) is 24.1. The molecule has 34 heavy (non-hydrogen) atoms. The number of carbonyl (C=O) groups excluding carboxylic acids is 2. The van der Waals surface area contributed by atoms with E-state index in [4.69, 9.17) is 10.3 Å². The molecule has 2 aromatic carbocycles. The Bertz CT molecular complexity index is 1510. The molecule has 0 aliphatic carbocycles.